The minimum atomic E-state index is -0.576. The summed E-state index contributed by atoms with van der Waals surface area (Å²) in [7, 11) is 0. The Balaban J connectivity index is 1.87. The van der Waals surface area contributed by atoms with E-state index in [0.29, 0.717) is 6.54 Å². The average Bonchev–Trinajstić information content (AvgIpc) is 2.66. The van der Waals surface area contributed by atoms with E-state index in [0.717, 1.165) is 21.5 Å². The number of para-hydroxylation sites is 1. The van der Waals surface area contributed by atoms with Crippen molar-refractivity contribution in [3.05, 3.63) is 72.3 Å². The minimum Gasteiger partial charge on any atom is -0.338 e. The lowest BCUT2D eigenvalue weighted by Gasteiger charge is -2.16. The number of nitrogens with zero attached hydrogens (tertiary/aromatic N) is 1. The van der Waals surface area contributed by atoms with Gasteiger partial charge in [-0.1, -0.05) is 66.4 Å². The molecule has 3 amide bonds. The van der Waals surface area contributed by atoms with Crippen LogP contribution in [-0.2, 0) is 4.79 Å². The quantitative estimate of drug-likeness (QED) is 0.673. The third-order valence-electron chi connectivity index (χ3n) is 3.73. The van der Waals surface area contributed by atoms with Crippen LogP contribution < -0.4 is 10.6 Å². The Labute approximate surface area is 156 Å². The molecule has 0 spiro atoms. The summed E-state index contributed by atoms with van der Waals surface area (Å²) in [4.78, 5) is 29.0. The van der Waals surface area contributed by atoms with Gasteiger partial charge in [0, 0.05) is 11.9 Å². The number of rotatable bonds is 5. The first-order valence-electron chi connectivity index (χ1n) is 8.33. The van der Waals surface area contributed by atoms with Gasteiger partial charge in [0.05, 0.1) is 10.5 Å². The lowest BCUT2D eigenvalue weighted by atomic mass is 10.1. The molecular weight excluding hydrogens is 346 g/mol. The Morgan fingerprint density at radius 3 is 2.50 bits per heavy atom. The molecule has 0 unspecified atom stereocenters. The molecule has 0 saturated heterocycles. The van der Waals surface area contributed by atoms with Gasteiger partial charge in [-0.25, -0.2) is 9.78 Å². The number of pyridine rings is 1. The van der Waals surface area contributed by atoms with Gasteiger partial charge in [0.15, 0.2) is 0 Å². The number of amides is 3. The van der Waals surface area contributed by atoms with Crippen LogP contribution in [0.4, 0.5) is 4.79 Å². The van der Waals surface area contributed by atoms with Crippen LogP contribution in [0.2, 0.25) is 0 Å². The van der Waals surface area contributed by atoms with Crippen molar-refractivity contribution < 1.29 is 9.59 Å². The molecule has 2 N–H and O–H groups in total. The molecule has 0 aliphatic carbocycles. The third-order valence-corrected chi connectivity index (χ3v) is 4.92. The van der Waals surface area contributed by atoms with Crippen molar-refractivity contribution in [1.29, 1.82) is 0 Å². The van der Waals surface area contributed by atoms with E-state index in [1.807, 2.05) is 66.7 Å². The molecule has 0 aliphatic rings. The van der Waals surface area contributed by atoms with E-state index in [4.69, 9.17) is 0 Å². The molecule has 5 nitrogen and oxygen atoms in total. The van der Waals surface area contributed by atoms with Crippen LogP contribution in [0.15, 0.2) is 71.8 Å². The van der Waals surface area contributed by atoms with Crippen LogP contribution in [0.25, 0.3) is 10.9 Å². The number of hydrogen-bond donors (Lipinski definition) is 2. The lowest BCUT2D eigenvalue weighted by molar-refractivity contribution is -0.119. The highest BCUT2D eigenvalue weighted by molar-refractivity contribution is 8.00. The van der Waals surface area contributed by atoms with Gasteiger partial charge < -0.3 is 5.32 Å². The number of imide groups is 1. The molecule has 0 aliphatic heterocycles. The Bertz CT molecular complexity index is 915. The van der Waals surface area contributed by atoms with Crippen molar-refractivity contribution in [3.63, 3.8) is 0 Å². The summed E-state index contributed by atoms with van der Waals surface area (Å²) in [5.41, 5.74) is 1.68. The van der Waals surface area contributed by atoms with Gasteiger partial charge in [0.2, 0.25) is 5.91 Å². The van der Waals surface area contributed by atoms with Gasteiger partial charge in [-0.2, -0.15) is 0 Å². The first-order chi connectivity index (χ1) is 12.7. The van der Waals surface area contributed by atoms with Crippen molar-refractivity contribution in [2.75, 3.05) is 6.54 Å². The molecule has 1 aromatic heterocycles. The summed E-state index contributed by atoms with van der Waals surface area (Å²) in [6.45, 7) is 2.25. The second-order valence-electron chi connectivity index (χ2n) is 5.60. The van der Waals surface area contributed by atoms with Gasteiger partial charge >= 0.3 is 6.03 Å². The number of thioether (sulfide) groups is 1. The number of carbonyl (C=O) groups excluding carboxylic acids is 2. The van der Waals surface area contributed by atoms with Gasteiger partial charge in [0.1, 0.15) is 5.25 Å². The summed E-state index contributed by atoms with van der Waals surface area (Å²) in [6.07, 6.45) is 0. The van der Waals surface area contributed by atoms with Crippen molar-refractivity contribution in [2.24, 2.45) is 0 Å². The molecule has 3 aromatic rings. The van der Waals surface area contributed by atoms with E-state index >= 15 is 0 Å². The van der Waals surface area contributed by atoms with Crippen molar-refractivity contribution in [3.8, 4) is 0 Å². The monoisotopic (exact) mass is 365 g/mol. The summed E-state index contributed by atoms with van der Waals surface area (Å²) in [6, 6.07) is 20.6. The maximum Gasteiger partial charge on any atom is 0.321 e. The van der Waals surface area contributed by atoms with Gasteiger partial charge in [0.25, 0.3) is 0 Å². The predicted octanol–water partition coefficient (Wildman–Crippen LogP) is 3.91. The van der Waals surface area contributed by atoms with Crippen molar-refractivity contribution in [2.45, 2.75) is 17.2 Å². The Morgan fingerprint density at radius 1 is 1.00 bits per heavy atom. The zero-order valence-corrected chi connectivity index (χ0v) is 15.1. The van der Waals surface area contributed by atoms with Crippen LogP contribution in [0.5, 0.6) is 0 Å². The first kappa shape index (κ1) is 17.9. The fourth-order valence-corrected chi connectivity index (χ4v) is 3.52. The fourth-order valence-electron chi connectivity index (χ4n) is 2.52. The second kappa shape index (κ2) is 8.49. The normalized spacial score (nSPS) is 11.7. The van der Waals surface area contributed by atoms with E-state index in [1.54, 1.807) is 6.92 Å². The first-order valence-corrected chi connectivity index (χ1v) is 9.21. The standard InChI is InChI=1S/C20H19N3O2S/c1-2-21-20(25)23-19(24)18(15-9-4-3-5-10-15)26-17-13-12-14-8-6-7-11-16(14)22-17/h3-13,18H,2H2,1H3,(H2,21,23,24,25)/t18-/m1/s1. The Kier molecular flexibility index (Phi) is 5.86. The van der Waals surface area contributed by atoms with Crippen LogP contribution in [0, 0.1) is 0 Å². The maximum atomic E-state index is 12.7. The Morgan fingerprint density at radius 2 is 1.73 bits per heavy atom. The minimum absolute atomic E-state index is 0.373. The number of aromatic nitrogens is 1. The van der Waals surface area contributed by atoms with E-state index < -0.39 is 11.3 Å². The summed E-state index contributed by atoms with van der Waals surface area (Å²) < 4.78 is 0. The number of fused-ring (bicyclic) bond motifs is 1. The summed E-state index contributed by atoms with van der Waals surface area (Å²) in [5, 5.41) is 6.17. The highest BCUT2D eigenvalue weighted by Crippen LogP contribution is 2.35. The van der Waals surface area contributed by atoms with E-state index in [9.17, 15) is 9.59 Å². The highest BCUT2D eigenvalue weighted by Gasteiger charge is 2.24. The van der Waals surface area contributed by atoms with Gasteiger partial charge in [-0.3, -0.25) is 10.1 Å². The van der Waals surface area contributed by atoms with E-state index in [2.05, 4.69) is 15.6 Å². The second-order valence-corrected chi connectivity index (χ2v) is 6.72. The molecule has 132 valence electrons. The average molecular weight is 365 g/mol. The molecule has 0 fully saturated rings. The highest BCUT2D eigenvalue weighted by atomic mass is 32.2. The molecule has 0 bridgehead atoms. The van der Waals surface area contributed by atoms with Crippen molar-refractivity contribution >= 4 is 34.6 Å². The molecule has 0 radical (unpaired) electrons. The number of nitrogens with one attached hydrogen (secondary N) is 2. The lowest BCUT2D eigenvalue weighted by Crippen LogP contribution is -2.41. The number of benzene rings is 2. The van der Waals surface area contributed by atoms with Crippen LogP contribution in [-0.4, -0.2) is 23.5 Å². The van der Waals surface area contributed by atoms with Gasteiger partial charge in [-0.15, -0.1) is 0 Å². The molecular formula is C20H19N3O2S. The van der Waals surface area contributed by atoms with E-state index in [-0.39, 0.29) is 5.91 Å². The molecule has 2 aromatic carbocycles. The van der Waals surface area contributed by atoms with Crippen molar-refractivity contribution in [1.82, 2.24) is 15.6 Å². The van der Waals surface area contributed by atoms with E-state index in [1.165, 1.54) is 11.8 Å². The number of urea groups is 1. The largest absolute Gasteiger partial charge is 0.338 e. The van der Waals surface area contributed by atoms with Gasteiger partial charge in [-0.05, 0) is 24.6 Å². The zero-order valence-electron chi connectivity index (χ0n) is 14.3. The molecule has 3 rings (SSSR count). The number of carbonyl (C=O) groups is 2. The molecule has 0 saturated carbocycles. The third kappa shape index (κ3) is 4.40. The number of hydrogen-bond acceptors (Lipinski definition) is 4. The predicted molar refractivity (Wildman–Crippen MR) is 104 cm³/mol. The summed E-state index contributed by atoms with van der Waals surface area (Å²) in [5.74, 6) is -0.373. The molecule has 1 atom stereocenters. The zero-order chi connectivity index (χ0) is 18.4. The molecule has 6 heteroatoms. The Hall–Kier alpha value is -2.86. The van der Waals surface area contributed by atoms with Crippen LogP contribution in [0.3, 0.4) is 0 Å². The van der Waals surface area contributed by atoms with Crippen LogP contribution >= 0.6 is 11.8 Å². The fraction of sp³-hybridized carbons (Fsp3) is 0.150. The molecule has 1 heterocycles. The topological polar surface area (TPSA) is 71.1 Å². The van der Waals surface area contributed by atoms with Crippen LogP contribution in [0.1, 0.15) is 17.7 Å². The smallest absolute Gasteiger partial charge is 0.321 e. The SMILES string of the molecule is CCNC(=O)NC(=O)[C@H](Sc1ccc2ccccc2n1)c1ccccc1. The molecule has 26 heavy (non-hydrogen) atoms. The summed E-state index contributed by atoms with van der Waals surface area (Å²) >= 11 is 1.32. The maximum absolute atomic E-state index is 12.7.